The second-order valence-electron chi connectivity index (χ2n) is 5.68. The van der Waals surface area contributed by atoms with Gasteiger partial charge in [0.1, 0.15) is 5.78 Å². The van der Waals surface area contributed by atoms with Crippen LogP contribution in [0.15, 0.2) is 24.4 Å². The number of nitrogens with one attached hydrogen (secondary N) is 1. The summed E-state index contributed by atoms with van der Waals surface area (Å²) >= 11 is 0. The maximum absolute atomic E-state index is 11.9. The zero-order valence-electron chi connectivity index (χ0n) is 12.1. The zero-order valence-corrected chi connectivity index (χ0v) is 12.1. The summed E-state index contributed by atoms with van der Waals surface area (Å²) in [6, 6.07) is 5.51. The van der Waals surface area contributed by atoms with Crippen LogP contribution >= 0.6 is 0 Å². The number of fused-ring (bicyclic) bond motifs is 1. The molecule has 0 spiro atoms. The van der Waals surface area contributed by atoms with Gasteiger partial charge < -0.3 is 9.72 Å². The molecular weight excluding hydrogens is 266 g/mol. The van der Waals surface area contributed by atoms with Gasteiger partial charge in [-0.25, -0.2) is 4.79 Å². The third-order valence-electron chi connectivity index (χ3n) is 4.31. The van der Waals surface area contributed by atoms with E-state index in [1.165, 1.54) is 7.11 Å². The maximum Gasteiger partial charge on any atom is 0.337 e. The van der Waals surface area contributed by atoms with Gasteiger partial charge >= 0.3 is 5.97 Å². The van der Waals surface area contributed by atoms with Gasteiger partial charge in [0.25, 0.3) is 0 Å². The summed E-state index contributed by atoms with van der Waals surface area (Å²) in [5.41, 5.74) is 2.69. The Morgan fingerprint density at radius 2 is 2.19 bits per heavy atom. The van der Waals surface area contributed by atoms with Crippen molar-refractivity contribution in [3.63, 3.8) is 0 Å². The lowest BCUT2D eigenvalue weighted by atomic mass is 9.91. The minimum absolute atomic E-state index is 0.252. The van der Waals surface area contributed by atoms with Gasteiger partial charge in [0.2, 0.25) is 0 Å². The van der Waals surface area contributed by atoms with Gasteiger partial charge in [-0.2, -0.15) is 0 Å². The molecule has 21 heavy (non-hydrogen) atoms. The van der Waals surface area contributed by atoms with Crippen molar-refractivity contribution in [3.05, 3.63) is 35.5 Å². The van der Waals surface area contributed by atoms with Crippen molar-refractivity contribution in [2.75, 3.05) is 7.11 Å². The first kappa shape index (κ1) is 13.9. The number of Topliss-reactive ketones (excluding diaryl/α,β-unsaturated/α-hetero) is 1. The number of H-pyrrole nitrogens is 1. The van der Waals surface area contributed by atoms with Crippen molar-refractivity contribution in [3.8, 4) is 0 Å². The lowest BCUT2D eigenvalue weighted by Gasteiger charge is -2.12. The minimum Gasteiger partial charge on any atom is -0.465 e. The normalized spacial score (nSPS) is 19.5. The van der Waals surface area contributed by atoms with Crippen LogP contribution in [0.5, 0.6) is 0 Å². The van der Waals surface area contributed by atoms with Gasteiger partial charge in [-0.1, -0.05) is 6.42 Å². The molecule has 1 heterocycles. The Bertz CT molecular complexity index is 686. The number of hydrogen-bond acceptors (Lipinski definition) is 3. The molecule has 1 aromatic heterocycles. The minimum atomic E-state index is -0.332. The van der Waals surface area contributed by atoms with Crippen LogP contribution in [0.25, 0.3) is 10.9 Å². The molecule has 1 N–H and O–H groups in total. The molecule has 3 rings (SSSR count). The Kier molecular flexibility index (Phi) is 3.78. The Morgan fingerprint density at radius 1 is 1.33 bits per heavy atom. The highest BCUT2D eigenvalue weighted by Gasteiger charge is 2.22. The van der Waals surface area contributed by atoms with Crippen LogP contribution in [0.1, 0.15) is 53.9 Å². The molecule has 0 amide bonds. The fourth-order valence-corrected chi connectivity index (χ4v) is 3.18. The first-order valence-electron chi connectivity index (χ1n) is 7.40. The Balaban J connectivity index is 2.01. The van der Waals surface area contributed by atoms with Crippen LogP contribution < -0.4 is 0 Å². The van der Waals surface area contributed by atoms with Crippen molar-refractivity contribution in [2.45, 2.75) is 38.0 Å². The maximum atomic E-state index is 11.9. The number of carbonyl (C=O) groups excluding carboxylic acids is 2. The second kappa shape index (κ2) is 5.72. The zero-order chi connectivity index (χ0) is 14.8. The first-order valence-corrected chi connectivity index (χ1v) is 7.40. The van der Waals surface area contributed by atoms with Gasteiger partial charge in [0, 0.05) is 29.9 Å². The number of aromatic nitrogens is 1. The number of carbonyl (C=O) groups is 2. The molecule has 4 nitrogen and oxygen atoms in total. The summed E-state index contributed by atoms with van der Waals surface area (Å²) in [6.07, 6.45) is 6.39. The molecule has 0 bridgehead atoms. The van der Waals surface area contributed by atoms with Crippen molar-refractivity contribution >= 4 is 22.7 Å². The fraction of sp³-hybridized carbons (Fsp3) is 0.412. The van der Waals surface area contributed by atoms with Crippen LogP contribution in [0, 0.1) is 0 Å². The lowest BCUT2D eigenvalue weighted by Crippen LogP contribution is -2.04. The molecule has 1 aromatic carbocycles. The summed E-state index contributed by atoms with van der Waals surface area (Å²) in [5.74, 6) is 0.263. The van der Waals surface area contributed by atoms with Crippen LogP contribution in [-0.4, -0.2) is 23.8 Å². The van der Waals surface area contributed by atoms with Crippen molar-refractivity contribution < 1.29 is 14.3 Å². The average Bonchev–Trinajstić information content (AvgIpc) is 2.80. The molecule has 0 aliphatic heterocycles. The summed E-state index contributed by atoms with van der Waals surface area (Å²) in [4.78, 5) is 26.8. The van der Waals surface area contributed by atoms with Crippen LogP contribution in [-0.2, 0) is 9.53 Å². The third kappa shape index (κ3) is 2.71. The van der Waals surface area contributed by atoms with E-state index in [9.17, 15) is 9.59 Å². The molecule has 1 saturated carbocycles. The summed E-state index contributed by atoms with van der Waals surface area (Å²) in [6.45, 7) is 0. The van der Waals surface area contributed by atoms with Crippen molar-refractivity contribution in [1.82, 2.24) is 4.98 Å². The molecule has 1 unspecified atom stereocenters. The monoisotopic (exact) mass is 285 g/mol. The van der Waals surface area contributed by atoms with Crippen LogP contribution in [0.3, 0.4) is 0 Å². The topological polar surface area (TPSA) is 59.2 Å². The Labute approximate surface area is 123 Å². The van der Waals surface area contributed by atoms with Gasteiger partial charge in [-0.05, 0) is 42.5 Å². The van der Waals surface area contributed by atoms with Gasteiger partial charge in [-0.3, -0.25) is 4.79 Å². The van der Waals surface area contributed by atoms with Gasteiger partial charge in [0.05, 0.1) is 12.7 Å². The molecule has 1 fully saturated rings. The molecule has 110 valence electrons. The van der Waals surface area contributed by atoms with Gasteiger partial charge in [-0.15, -0.1) is 0 Å². The van der Waals surface area contributed by atoms with E-state index in [1.807, 2.05) is 18.3 Å². The number of benzene rings is 1. The highest BCUT2D eigenvalue weighted by Crippen LogP contribution is 2.34. The highest BCUT2D eigenvalue weighted by molar-refractivity contribution is 5.96. The average molecular weight is 285 g/mol. The summed E-state index contributed by atoms with van der Waals surface area (Å²) in [5, 5.41) is 1.03. The molecular formula is C17H19NO3. The number of ketones is 1. The number of methoxy groups -OCH3 is 1. The standard InChI is InChI=1S/C17H19NO3/c1-21-17(20)12-6-7-16-14(9-12)15(10-18-16)11-4-2-3-5-13(19)8-11/h6-7,9-11,18H,2-5,8H2,1H3. The smallest absolute Gasteiger partial charge is 0.337 e. The summed E-state index contributed by atoms with van der Waals surface area (Å²) < 4.78 is 4.78. The SMILES string of the molecule is COC(=O)c1ccc2[nH]cc(C3CCCCC(=O)C3)c2c1. The van der Waals surface area contributed by atoms with E-state index in [0.29, 0.717) is 24.2 Å². The lowest BCUT2D eigenvalue weighted by molar-refractivity contribution is -0.119. The quantitative estimate of drug-likeness (QED) is 0.678. The molecule has 0 saturated heterocycles. The van der Waals surface area contributed by atoms with E-state index < -0.39 is 0 Å². The third-order valence-corrected chi connectivity index (χ3v) is 4.31. The fourth-order valence-electron chi connectivity index (χ4n) is 3.18. The van der Waals surface area contributed by atoms with Crippen molar-refractivity contribution in [2.24, 2.45) is 0 Å². The number of esters is 1. The number of aromatic amines is 1. The van der Waals surface area contributed by atoms with E-state index in [4.69, 9.17) is 4.74 Å². The highest BCUT2D eigenvalue weighted by atomic mass is 16.5. The van der Waals surface area contributed by atoms with E-state index in [-0.39, 0.29) is 11.9 Å². The number of rotatable bonds is 2. The number of hydrogen-bond donors (Lipinski definition) is 1. The molecule has 1 aliphatic rings. The molecule has 1 atom stereocenters. The predicted molar refractivity (Wildman–Crippen MR) is 80.5 cm³/mol. The van der Waals surface area contributed by atoms with E-state index in [2.05, 4.69) is 4.98 Å². The van der Waals surface area contributed by atoms with Crippen molar-refractivity contribution in [1.29, 1.82) is 0 Å². The van der Waals surface area contributed by atoms with E-state index in [0.717, 1.165) is 35.7 Å². The first-order chi connectivity index (χ1) is 10.2. The molecule has 4 heteroatoms. The Morgan fingerprint density at radius 3 is 3.00 bits per heavy atom. The predicted octanol–water partition coefficient (Wildman–Crippen LogP) is 3.57. The Hall–Kier alpha value is -2.10. The molecule has 2 aromatic rings. The van der Waals surface area contributed by atoms with Gasteiger partial charge in [0.15, 0.2) is 0 Å². The summed E-state index contributed by atoms with van der Waals surface area (Å²) in [7, 11) is 1.38. The van der Waals surface area contributed by atoms with Crippen LogP contribution in [0.2, 0.25) is 0 Å². The van der Waals surface area contributed by atoms with Crippen LogP contribution in [0.4, 0.5) is 0 Å². The molecule has 1 aliphatic carbocycles. The number of ether oxygens (including phenoxy) is 1. The van der Waals surface area contributed by atoms with E-state index >= 15 is 0 Å². The largest absolute Gasteiger partial charge is 0.465 e. The second-order valence-corrected chi connectivity index (χ2v) is 5.68. The van der Waals surface area contributed by atoms with E-state index in [1.54, 1.807) is 6.07 Å². The molecule has 0 radical (unpaired) electrons.